The highest BCUT2D eigenvalue weighted by Gasteiger charge is 2.21. The molecular weight excluding hydrogens is 342 g/mol. The molecule has 0 atom stereocenters. The zero-order chi connectivity index (χ0) is 19.1. The van der Waals surface area contributed by atoms with Gasteiger partial charge in [-0.1, -0.05) is 30.3 Å². The van der Waals surface area contributed by atoms with E-state index >= 15 is 0 Å². The van der Waals surface area contributed by atoms with Crippen LogP contribution in [-0.4, -0.2) is 42.4 Å². The maximum Gasteiger partial charge on any atom is 0.251 e. The van der Waals surface area contributed by atoms with Crippen LogP contribution in [0.4, 0.5) is 0 Å². The Morgan fingerprint density at radius 1 is 1.04 bits per heavy atom. The Balaban J connectivity index is 1.46. The molecule has 0 unspecified atom stereocenters. The molecule has 0 saturated carbocycles. The number of carbonyl (C=O) groups excluding carboxylic acids is 2. The zero-order valence-corrected chi connectivity index (χ0v) is 15.3. The SMILES string of the molecule is NC(=O)CN1CCC(NC(=O)c2ccc(OCc3ccccc3)cc2)CC1. The Kier molecular flexibility index (Phi) is 6.44. The fourth-order valence-electron chi connectivity index (χ4n) is 3.17. The van der Waals surface area contributed by atoms with Gasteiger partial charge in [-0.05, 0) is 42.7 Å². The molecule has 3 rings (SSSR count). The summed E-state index contributed by atoms with van der Waals surface area (Å²) < 4.78 is 5.75. The highest BCUT2D eigenvalue weighted by molar-refractivity contribution is 5.94. The van der Waals surface area contributed by atoms with Gasteiger partial charge in [0, 0.05) is 24.7 Å². The summed E-state index contributed by atoms with van der Waals surface area (Å²) in [5, 5.41) is 3.06. The van der Waals surface area contributed by atoms with E-state index in [4.69, 9.17) is 10.5 Å². The van der Waals surface area contributed by atoms with E-state index in [2.05, 4.69) is 5.32 Å². The third-order valence-corrected chi connectivity index (χ3v) is 4.67. The number of likely N-dealkylation sites (tertiary alicyclic amines) is 1. The first-order valence-corrected chi connectivity index (χ1v) is 9.18. The smallest absolute Gasteiger partial charge is 0.251 e. The monoisotopic (exact) mass is 367 g/mol. The van der Waals surface area contributed by atoms with Gasteiger partial charge in [0.1, 0.15) is 12.4 Å². The molecule has 1 fully saturated rings. The van der Waals surface area contributed by atoms with Crippen molar-refractivity contribution in [3.05, 3.63) is 65.7 Å². The predicted molar refractivity (Wildman–Crippen MR) is 103 cm³/mol. The number of nitrogens with two attached hydrogens (primary N) is 1. The molecule has 2 aromatic rings. The molecule has 0 bridgehead atoms. The first kappa shape index (κ1) is 18.9. The summed E-state index contributed by atoms with van der Waals surface area (Å²) in [7, 11) is 0. The third kappa shape index (κ3) is 5.82. The molecule has 6 nitrogen and oxygen atoms in total. The molecule has 1 aliphatic rings. The lowest BCUT2D eigenvalue weighted by molar-refractivity contribution is -0.119. The van der Waals surface area contributed by atoms with Gasteiger partial charge in [-0.2, -0.15) is 0 Å². The minimum Gasteiger partial charge on any atom is -0.489 e. The number of nitrogens with one attached hydrogen (secondary N) is 1. The van der Waals surface area contributed by atoms with Crippen molar-refractivity contribution in [2.45, 2.75) is 25.5 Å². The molecule has 142 valence electrons. The van der Waals surface area contributed by atoms with Crippen LogP contribution in [0.5, 0.6) is 5.75 Å². The Bertz CT molecular complexity index is 754. The predicted octanol–water partition coefficient (Wildman–Crippen LogP) is 1.95. The van der Waals surface area contributed by atoms with Gasteiger partial charge in [0.15, 0.2) is 0 Å². The number of hydrogen-bond acceptors (Lipinski definition) is 4. The van der Waals surface area contributed by atoms with Crippen LogP contribution >= 0.6 is 0 Å². The van der Waals surface area contributed by atoms with Crippen LogP contribution in [0.15, 0.2) is 54.6 Å². The summed E-state index contributed by atoms with van der Waals surface area (Å²) in [5.74, 6) is 0.334. The zero-order valence-electron chi connectivity index (χ0n) is 15.3. The van der Waals surface area contributed by atoms with E-state index in [0.29, 0.717) is 12.2 Å². The van der Waals surface area contributed by atoms with Crippen LogP contribution in [0.1, 0.15) is 28.8 Å². The molecule has 1 heterocycles. The van der Waals surface area contributed by atoms with Gasteiger partial charge in [0.05, 0.1) is 6.54 Å². The van der Waals surface area contributed by atoms with Gasteiger partial charge >= 0.3 is 0 Å². The number of ether oxygens (including phenoxy) is 1. The number of amides is 2. The fourth-order valence-corrected chi connectivity index (χ4v) is 3.17. The van der Waals surface area contributed by atoms with Crippen LogP contribution in [0.2, 0.25) is 0 Å². The maximum atomic E-state index is 12.4. The number of hydrogen-bond donors (Lipinski definition) is 2. The van der Waals surface area contributed by atoms with Gasteiger partial charge in [-0.15, -0.1) is 0 Å². The number of primary amides is 1. The van der Waals surface area contributed by atoms with Crippen molar-refractivity contribution in [1.82, 2.24) is 10.2 Å². The summed E-state index contributed by atoms with van der Waals surface area (Å²) in [6, 6.07) is 17.2. The van der Waals surface area contributed by atoms with Crippen molar-refractivity contribution >= 4 is 11.8 Å². The minimum atomic E-state index is -0.313. The van der Waals surface area contributed by atoms with Crippen molar-refractivity contribution in [2.24, 2.45) is 5.73 Å². The van der Waals surface area contributed by atoms with Gasteiger partial charge in [0.2, 0.25) is 5.91 Å². The molecule has 1 saturated heterocycles. The van der Waals surface area contributed by atoms with Crippen molar-refractivity contribution in [1.29, 1.82) is 0 Å². The topological polar surface area (TPSA) is 84.7 Å². The fraction of sp³-hybridized carbons (Fsp3) is 0.333. The Hall–Kier alpha value is -2.86. The van der Waals surface area contributed by atoms with Crippen LogP contribution < -0.4 is 15.8 Å². The van der Waals surface area contributed by atoms with E-state index in [1.807, 2.05) is 47.4 Å². The molecule has 2 aromatic carbocycles. The Morgan fingerprint density at radius 2 is 1.70 bits per heavy atom. The molecule has 0 spiro atoms. The second-order valence-electron chi connectivity index (χ2n) is 6.79. The quantitative estimate of drug-likeness (QED) is 0.783. The molecule has 0 radical (unpaired) electrons. The van der Waals surface area contributed by atoms with Crippen LogP contribution in [-0.2, 0) is 11.4 Å². The summed E-state index contributed by atoms with van der Waals surface area (Å²) in [6.45, 7) is 2.31. The maximum absolute atomic E-state index is 12.4. The lowest BCUT2D eigenvalue weighted by Gasteiger charge is -2.31. The average Bonchev–Trinajstić information content (AvgIpc) is 2.69. The number of nitrogens with zero attached hydrogens (tertiary/aromatic N) is 1. The minimum absolute atomic E-state index is 0.0852. The standard InChI is InChI=1S/C21H25N3O3/c22-20(25)14-24-12-10-18(11-13-24)23-21(26)17-6-8-19(9-7-17)27-15-16-4-2-1-3-5-16/h1-9,18H,10-15H2,(H2,22,25)(H,23,26). The molecule has 1 aliphatic heterocycles. The number of carbonyl (C=O) groups is 2. The van der Waals surface area contributed by atoms with E-state index in [1.165, 1.54) is 0 Å². The largest absolute Gasteiger partial charge is 0.489 e. The lowest BCUT2D eigenvalue weighted by atomic mass is 10.0. The summed E-state index contributed by atoms with van der Waals surface area (Å²) in [6.07, 6.45) is 1.63. The number of benzene rings is 2. The summed E-state index contributed by atoms with van der Waals surface area (Å²) in [5.41, 5.74) is 6.93. The van der Waals surface area contributed by atoms with Crippen LogP contribution in [0.25, 0.3) is 0 Å². The number of rotatable bonds is 7. The van der Waals surface area contributed by atoms with Gasteiger partial charge < -0.3 is 15.8 Å². The Morgan fingerprint density at radius 3 is 2.33 bits per heavy atom. The molecule has 0 aromatic heterocycles. The Labute approximate surface area is 159 Å². The van der Waals surface area contributed by atoms with Crippen molar-refractivity contribution < 1.29 is 14.3 Å². The first-order valence-electron chi connectivity index (χ1n) is 9.18. The van der Waals surface area contributed by atoms with Crippen LogP contribution in [0.3, 0.4) is 0 Å². The first-order chi connectivity index (χ1) is 13.1. The molecule has 3 N–H and O–H groups in total. The van der Waals surface area contributed by atoms with Gasteiger partial charge in [-0.25, -0.2) is 0 Å². The van der Waals surface area contributed by atoms with E-state index < -0.39 is 0 Å². The van der Waals surface area contributed by atoms with E-state index in [1.54, 1.807) is 12.1 Å². The molecular formula is C21H25N3O3. The van der Waals surface area contributed by atoms with Crippen molar-refractivity contribution in [3.63, 3.8) is 0 Å². The van der Waals surface area contributed by atoms with E-state index in [9.17, 15) is 9.59 Å². The molecule has 2 amide bonds. The lowest BCUT2D eigenvalue weighted by Crippen LogP contribution is -2.46. The second kappa shape index (κ2) is 9.19. The summed E-state index contributed by atoms with van der Waals surface area (Å²) in [4.78, 5) is 25.4. The second-order valence-corrected chi connectivity index (χ2v) is 6.79. The third-order valence-electron chi connectivity index (χ3n) is 4.67. The summed E-state index contributed by atoms with van der Waals surface area (Å²) >= 11 is 0. The van der Waals surface area contributed by atoms with Crippen molar-refractivity contribution in [3.8, 4) is 5.75 Å². The normalized spacial score (nSPS) is 15.3. The van der Waals surface area contributed by atoms with E-state index in [-0.39, 0.29) is 24.4 Å². The van der Waals surface area contributed by atoms with Gasteiger partial charge in [-0.3, -0.25) is 14.5 Å². The highest BCUT2D eigenvalue weighted by Crippen LogP contribution is 2.15. The van der Waals surface area contributed by atoms with E-state index in [0.717, 1.165) is 37.2 Å². The average molecular weight is 367 g/mol. The van der Waals surface area contributed by atoms with Gasteiger partial charge in [0.25, 0.3) is 5.91 Å². The van der Waals surface area contributed by atoms with Crippen LogP contribution in [0, 0.1) is 0 Å². The number of piperidine rings is 1. The molecule has 0 aliphatic carbocycles. The van der Waals surface area contributed by atoms with Crippen molar-refractivity contribution in [2.75, 3.05) is 19.6 Å². The highest BCUT2D eigenvalue weighted by atomic mass is 16.5. The molecule has 27 heavy (non-hydrogen) atoms. The molecule has 6 heteroatoms.